The molecule has 1 aromatic rings. The molecule has 0 saturated carbocycles. The molecule has 0 aliphatic rings. The first-order valence-corrected chi connectivity index (χ1v) is 9.32. The largest absolute Gasteiger partial charge is 0.507 e. The Bertz CT molecular complexity index is 699. The highest BCUT2D eigenvalue weighted by atomic mass is 16.4. The number of allylic oxidation sites excluding steroid dienone is 2. The van der Waals surface area contributed by atoms with Crippen molar-refractivity contribution in [1.29, 1.82) is 0 Å². The van der Waals surface area contributed by atoms with Crippen LogP contribution < -0.4 is 0 Å². The number of aryl methyl sites for hydroxylation is 1. The number of phenols is 1. The van der Waals surface area contributed by atoms with Gasteiger partial charge in [0.25, 0.3) is 0 Å². The fourth-order valence-electron chi connectivity index (χ4n) is 2.66. The molecule has 0 amide bonds. The summed E-state index contributed by atoms with van der Waals surface area (Å²) in [6.07, 6.45) is 5.20. The molecule has 4 N–H and O–H groups in total. The molecule has 27 heavy (non-hydrogen) atoms. The maximum atomic E-state index is 11.4. The Balaban J connectivity index is 3.04. The van der Waals surface area contributed by atoms with E-state index in [2.05, 4.69) is 0 Å². The zero-order valence-electron chi connectivity index (χ0n) is 16.7. The van der Waals surface area contributed by atoms with E-state index in [1.54, 1.807) is 0 Å². The predicted octanol–water partition coefficient (Wildman–Crippen LogP) is 3.86. The van der Waals surface area contributed by atoms with Crippen LogP contribution in [0.2, 0.25) is 0 Å². The van der Waals surface area contributed by atoms with E-state index in [1.807, 2.05) is 39.8 Å². The lowest BCUT2D eigenvalue weighted by Gasteiger charge is -2.14. The van der Waals surface area contributed by atoms with Crippen LogP contribution in [0.1, 0.15) is 62.0 Å². The van der Waals surface area contributed by atoms with E-state index in [-0.39, 0.29) is 23.8 Å². The Morgan fingerprint density at radius 1 is 1.15 bits per heavy atom. The molecule has 1 aromatic carbocycles. The number of benzene rings is 1. The number of carbonyl (C=O) groups is 1. The molecule has 0 aromatic heterocycles. The molecule has 1 rings (SSSR count). The second kappa shape index (κ2) is 10.9. The first kappa shape index (κ1) is 22.9. The van der Waals surface area contributed by atoms with Crippen molar-refractivity contribution >= 4 is 5.97 Å². The van der Waals surface area contributed by atoms with Crippen LogP contribution in [0.15, 0.2) is 35.4 Å². The van der Waals surface area contributed by atoms with E-state index < -0.39 is 12.1 Å². The van der Waals surface area contributed by atoms with Crippen LogP contribution in [0.3, 0.4) is 0 Å². The molecule has 2 atom stereocenters. The molecule has 5 heteroatoms. The molecule has 0 saturated heterocycles. The van der Waals surface area contributed by atoms with Crippen molar-refractivity contribution in [3.8, 4) is 5.75 Å². The standard InChI is InChI=1S/C22H32O5/c1-14(2)5-10-20(24)16(4)7-9-18-12-19(22(26)27)11-17(21(18)25)8-6-15(3)13-23/h5,7,11-12,15,20,23-25H,6,8-10,13H2,1-4H3,(H,26,27). The van der Waals surface area contributed by atoms with Crippen LogP contribution in [0.25, 0.3) is 0 Å². The monoisotopic (exact) mass is 376 g/mol. The number of hydrogen-bond acceptors (Lipinski definition) is 4. The highest BCUT2D eigenvalue weighted by Crippen LogP contribution is 2.28. The average molecular weight is 376 g/mol. The summed E-state index contributed by atoms with van der Waals surface area (Å²) in [4.78, 5) is 11.4. The summed E-state index contributed by atoms with van der Waals surface area (Å²) in [7, 11) is 0. The molecule has 0 aliphatic heterocycles. The van der Waals surface area contributed by atoms with Gasteiger partial charge in [-0.1, -0.05) is 24.6 Å². The molecule has 0 fully saturated rings. The number of aliphatic hydroxyl groups is 2. The summed E-state index contributed by atoms with van der Waals surface area (Å²) in [5, 5.41) is 39.3. The van der Waals surface area contributed by atoms with Crippen LogP contribution in [0.4, 0.5) is 0 Å². The number of carboxylic acids is 1. The minimum Gasteiger partial charge on any atom is -0.507 e. The second-order valence-corrected chi connectivity index (χ2v) is 7.46. The van der Waals surface area contributed by atoms with Crippen LogP contribution in [-0.4, -0.2) is 39.1 Å². The SMILES string of the molecule is CC(C)=CCC(O)C(C)=CCc1cc(C(=O)O)cc(CCC(C)CO)c1O. The number of carboxylic acid groups (broad SMARTS) is 1. The van der Waals surface area contributed by atoms with E-state index in [0.717, 1.165) is 11.1 Å². The van der Waals surface area contributed by atoms with E-state index in [4.69, 9.17) is 5.11 Å². The van der Waals surface area contributed by atoms with Gasteiger partial charge >= 0.3 is 5.97 Å². The summed E-state index contributed by atoms with van der Waals surface area (Å²) in [5.74, 6) is -0.876. The quantitative estimate of drug-likeness (QED) is 0.465. The van der Waals surface area contributed by atoms with Gasteiger partial charge in [0, 0.05) is 6.61 Å². The molecule has 0 aliphatic carbocycles. The van der Waals surface area contributed by atoms with E-state index >= 15 is 0 Å². The van der Waals surface area contributed by atoms with Crippen LogP contribution in [0.5, 0.6) is 5.75 Å². The predicted molar refractivity (Wildman–Crippen MR) is 107 cm³/mol. The Labute approximate surface area is 161 Å². The summed E-state index contributed by atoms with van der Waals surface area (Å²) >= 11 is 0. The Hall–Kier alpha value is -2.11. The molecule has 0 heterocycles. The Morgan fingerprint density at radius 2 is 1.78 bits per heavy atom. The van der Waals surface area contributed by atoms with E-state index in [9.17, 15) is 20.1 Å². The number of aromatic carboxylic acids is 1. The maximum Gasteiger partial charge on any atom is 0.335 e. The van der Waals surface area contributed by atoms with Gasteiger partial charge in [0.05, 0.1) is 11.7 Å². The van der Waals surface area contributed by atoms with E-state index in [1.165, 1.54) is 12.1 Å². The fourth-order valence-corrected chi connectivity index (χ4v) is 2.66. The van der Waals surface area contributed by atoms with Crippen molar-refractivity contribution in [1.82, 2.24) is 0 Å². The fraction of sp³-hybridized carbons (Fsp3) is 0.500. The molecule has 2 unspecified atom stereocenters. The number of hydrogen-bond donors (Lipinski definition) is 4. The van der Waals surface area contributed by atoms with E-state index in [0.29, 0.717) is 36.8 Å². The number of aliphatic hydroxyl groups excluding tert-OH is 2. The van der Waals surface area contributed by atoms with Gasteiger partial charge in [-0.15, -0.1) is 0 Å². The Morgan fingerprint density at radius 3 is 2.33 bits per heavy atom. The van der Waals surface area contributed by atoms with Crippen LogP contribution >= 0.6 is 0 Å². The molecule has 0 spiro atoms. The average Bonchev–Trinajstić information content (AvgIpc) is 2.63. The lowest BCUT2D eigenvalue weighted by molar-refractivity contribution is 0.0696. The zero-order chi connectivity index (χ0) is 20.6. The summed E-state index contributed by atoms with van der Waals surface area (Å²) in [5.41, 5.74) is 3.14. The minimum absolute atomic E-state index is 0.0533. The molecule has 0 radical (unpaired) electrons. The number of rotatable bonds is 10. The summed E-state index contributed by atoms with van der Waals surface area (Å²) < 4.78 is 0. The number of aromatic hydroxyl groups is 1. The topological polar surface area (TPSA) is 98.0 Å². The Kier molecular flexibility index (Phi) is 9.26. The van der Waals surface area contributed by atoms with Crippen molar-refractivity contribution in [2.45, 2.75) is 59.5 Å². The first-order valence-electron chi connectivity index (χ1n) is 9.32. The summed E-state index contributed by atoms with van der Waals surface area (Å²) in [6, 6.07) is 2.97. The van der Waals surface area contributed by atoms with Crippen LogP contribution in [-0.2, 0) is 12.8 Å². The van der Waals surface area contributed by atoms with Gasteiger partial charge in [0.1, 0.15) is 5.75 Å². The van der Waals surface area contributed by atoms with Gasteiger partial charge < -0.3 is 20.4 Å². The molecule has 150 valence electrons. The maximum absolute atomic E-state index is 11.4. The van der Waals surface area contributed by atoms with Gasteiger partial charge in [0.15, 0.2) is 0 Å². The van der Waals surface area contributed by atoms with Crippen molar-refractivity contribution in [2.75, 3.05) is 6.61 Å². The van der Waals surface area contributed by atoms with Gasteiger partial charge in [-0.3, -0.25) is 0 Å². The van der Waals surface area contributed by atoms with Crippen LogP contribution in [0, 0.1) is 5.92 Å². The zero-order valence-corrected chi connectivity index (χ0v) is 16.7. The first-order chi connectivity index (χ1) is 12.6. The second-order valence-electron chi connectivity index (χ2n) is 7.46. The smallest absolute Gasteiger partial charge is 0.335 e. The molecule has 5 nitrogen and oxygen atoms in total. The molecular weight excluding hydrogens is 344 g/mol. The third-order valence-electron chi connectivity index (χ3n) is 4.65. The molecule has 0 bridgehead atoms. The molecular formula is C22H32O5. The van der Waals surface area contributed by atoms with Crippen molar-refractivity contribution < 1.29 is 25.2 Å². The van der Waals surface area contributed by atoms with Crippen molar-refractivity contribution in [2.24, 2.45) is 5.92 Å². The highest BCUT2D eigenvalue weighted by Gasteiger charge is 2.15. The minimum atomic E-state index is -1.04. The normalized spacial score (nSPS) is 13.9. The van der Waals surface area contributed by atoms with Crippen molar-refractivity contribution in [3.05, 3.63) is 52.1 Å². The van der Waals surface area contributed by atoms with Gasteiger partial charge in [0.2, 0.25) is 0 Å². The lowest BCUT2D eigenvalue weighted by Crippen LogP contribution is -2.08. The van der Waals surface area contributed by atoms with Gasteiger partial charge in [-0.2, -0.15) is 0 Å². The third kappa shape index (κ3) is 7.57. The third-order valence-corrected chi connectivity index (χ3v) is 4.65. The van der Waals surface area contributed by atoms with Gasteiger partial charge in [-0.05, 0) is 81.2 Å². The summed E-state index contributed by atoms with van der Waals surface area (Å²) in [6.45, 7) is 7.73. The van der Waals surface area contributed by atoms with Gasteiger partial charge in [-0.25, -0.2) is 4.79 Å². The van der Waals surface area contributed by atoms with Crippen molar-refractivity contribution in [3.63, 3.8) is 0 Å². The number of phenolic OH excluding ortho intramolecular Hbond substituents is 1. The highest BCUT2D eigenvalue weighted by molar-refractivity contribution is 5.88. The lowest BCUT2D eigenvalue weighted by atomic mass is 9.95.